The molecule has 0 saturated heterocycles. The van der Waals surface area contributed by atoms with E-state index in [2.05, 4.69) is 37.0 Å². The summed E-state index contributed by atoms with van der Waals surface area (Å²) >= 11 is 0. The SMILES string of the molecule is COc1ccc([C@H](CN)c2ccc(C)c(C)c2)nc1. The molecule has 3 nitrogen and oxygen atoms in total. The quantitative estimate of drug-likeness (QED) is 0.915. The number of rotatable bonds is 4. The minimum absolute atomic E-state index is 0.130. The first-order valence-electron chi connectivity index (χ1n) is 6.43. The Kier molecular flexibility index (Phi) is 4.17. The van der Waals surface area contributed by atoms with Crippen molar-refractivity contribution in [1.82, 2.24) is 4.98 Å². The molecule has 0 aliphatic carbocycles. The van der Waals surface area contributed by atoms with Crippen molar-refractivity contribution >= 4 is 0 Å². The van der Waals surface area contributed by atoms with Crippen molar-refractivity contribution in [1.29, 1.82) is 0 Å². The Morgan fingerprint density at radius 3 is 2.47 bits per heavy atom. The van der Waals surface area contributed by atoms with E-state index in [1.54, 1.807) is 13.3 Å². The number of benzene rings is 1. The highest BCUT2D eigenvalue weighted by molar-refractivity contribution is 5.36. The van der Waals surface area contributed by atoms with Crippen LogP contribution in [-0.2, 0) is 0 Å². The molecule has 0 amide bonds. The molecule has 0 unspecified atom stereocenters. The smallest absolute Gasteiger partial charge is 0.137 e. The second-order valence-corrected chi connectivity index (χ2v) is 4.75. The third-order valence-corrected chi connectivity index (χ3v) is 3.52. The van der Waals surface area contributed by atoms with Gasteiger partial charge < -0.3 is 10.5 Å². The first kappa shape index (κ1) is 13.6. The van der Waals surface area contributed by atoms with Gasteiger partial charge in [0.15, 0.2) is 0 Å². The van der Waals surface area contributed by atoms with Crippen molar-refractivity contribution in [3.63, 3.8) is 0 Å². The van der Waals surface area contributed by atoms with Crippen LogP contribution >= 0.6 is 0 Å². The number of nitrogens with zero attached hydrogens (tertiary/aromatic N) is 1. The zero-order valence-corrected chi connectivity index (χ0v) is 11.7. The molecule has 0 aliphatic rings. The predicted molar refractivity (Wildman–Crippen MR) is 77.6 cm³/mol. The molecule has 2 rings (SSSR count). The summed E-state index contributed by atoms with van der Waals surface area (Å²) in [6, 6.07) is 10.4. The van der Waals surface area contributed by atoms with E-state index in [4.69, 9.17) is 10.5 Å². The summed E-state index contributed by atoms with van der Waals surface area (Å²) in [5.41, 5.74) is 10.7. The lowest BCUT2D eigenvalue weighted by molar-refractivity contribution is 0.412. The van der Waals surface area contributed by atoms with E-state index in [0.29, 0.717) is 6.54 Å². The normalized spacial score (nSPS) is 12.2. The van der Waals surface area contributed by atoms with Gasteiger partial charge in [0.2, 0.25) is 0 Å². The van der Waals surface area contributed by atoms with E-state index in [1.165, 1.54) is 16.7 Å². The number of hydrogen-bond acceptors (Lipinski definition) is 3. The van der Waals surface area contributed by atoms with Crippen molar-refractivity contribution in [2.45, 2.75) is 19.8 Å². The van der Waals surface area contributed by atoms with Gasteiger partial charge in [0.1, 0.15) is 5.75 Å². The van der Waals surface area contributed by atoms with Gasteiger partial charge in [-0.15, -0.1) is 0 Å². The fraction of sp³-hybridized carbons (Fsp3) is 0.312. The van der Waals surface area contributed by atoms with Gasteiger partial charge in [0.25, 0.3) is 0 Å². The molecule has 0 bridgehead atoms. The zero-order valence-electron chi connectivity index (χ0n) is 11.7. The number of pyridine rings is 1. The van der Waals surface area contributed by atoms with Gasteiger partial charge in [0, 0.05) is 18.2 Å². The Balaban J connectivity index is 2.34. The molecule has 2 aromatic rings. The second-order valence-electron chi connectivity index (χ2n) is 4.75. The number of nitrogens with two attached hydrogens (primary N) is 1. The highest BCUT2D eigenvalue weighted by atomic mass is 16.5. The van der Waals surface area contributed by atoms with Crippen LogP contribution in [0.4, 0.5) is 0 Å². The summed E-state index contributed by atoms with van der Waals surface area (Å²) in [4.78, 5) is 4.44. The molecule has 0 aliphatic heterocycles. The lowest BCUT2D eigenvalue weighted by Gasteiger charge is -2.16. The minimum Gasteiger partial charge on any atom is -0.495 e. The van der Waals surface area contributed by atoms with E-state index < -0.39 is 0 Å². The van der Waals surface area contributed by atoms with Crippen LogP contribution < -0.4 is 10.5 Å². The van der Waals surface area contributed by atoms with E-state index in [-0.39, 0.29) is 5.92 Å². The first-order valence-corrected chi connectivity index (χ1v) is 6.43. The summed E-state index contributed by atoms with van der Waals surface area (Å²) in [6.07, 6.45) is 1.74. The molecule has 0 spiro atoms. The van der Waals surface area contributed by atoms with E-state index >= 15 is 0 Å². The number of aryl methyl sites for hydroxylation is 2. The molecule has 3 heteroatoms. The molecule has 1 aromatic carbocycles. The molecule has 2 N–H and O–H groups in total. The molecule has 0 radical (unpaired) electrons. The number of ether oxygens (including phenoxy) is 1. The second kappa shape index (κ2) is 5.85. The maximum atomic E-state index is 5.92. The van der Waals surface area contributed by atoms with Crippen molar-refractivity contribution in [3.05, 3.63) is 58.9 Å². The minimum atomic E-state index is 0.130. The van der Waals surface area contributed by atoms with Crippen LogP contribution in [-0.4, -0.2) is 18.6 Å². The van der Waals surface area contributed by atoms with Crippen molar-refractivity contribution in [2.24, 2.45) is 5.73 Å². The van der Waals surface area contributed by atoms with E-state index in [1.807, 2.05) is 12.1 Å². The standard InChI is InChI=1S/C16H20N2O/c1-11-4-5-13(8-12(11)2)15(9-17)16-7-6-14(19-3)10-18-16/h4-8,10,15H,9,17H2,1-3H3/t15-/m1/s1. The average molecular weight is 256 g/mol. The summed E-state index contributed by atoms with van der Waals surface area (Å²) < 4.78 is 5.13. The molecular formula is C16H20N2O. The van der Waals surface area contributed by atoms with Gasteiger partial charge in [-0.3, -0.25) is 4.98 Å². The molecule has 0 fully saturated rings. The Morgan fingerprint density at radius 2 is 1.95 bits per heavy atom. The van der Waals surface area contributed by atoms with Gasteiger partial charge in [-0.25, -0.2) is 0 Å². The molecule has 19 heavy (non-hydrogen) atoms. The van der Waals surface area contributed by atoms with Gasteiger partial charge in [-0.2, -0.15) is 0 Å². The lowest BCUT2D eigenvalue weighted by Crippen LogP contribution is -2.15. The Morgan fingerprint density at radius 1 is 1.16 bits per heavy atom. The average Bonchev–Trinajstić information content (AvgIpc) is 2.44. The molecule has 1 aromatic heterocycles. The van der Waals surface area contributed by atoms with Crippen LogP contribution in [0.3, 0.4) is 0 Å². The largest absolute Gasteiger partial charge is 0.495 e. The van der Waals surface area contributed by atoms with Gasteiger partial charge in [-0.05, 0) is 42.7 Å². The van der Waals surface area contributed by atoms with Gasteiger partial charge in [0.05, 0.1) is 13.3 Å². The lowest BCUT2D eigenvalue weighted by atomic mass is 9.92. The molecule has 1 heterocycles. The zero-order chi connectivity index (χ0) is 13.8. The third kappa shape index (κ3) is 2.93. The van der Waals surface area contributed by atoms with Crippen LogP contribution in [0.5, 0.6) is 5.75 Å². The number of hydrogen-bond donors (Lipinski definition) is 1. The highest BCUT2D eigenvalue weighted by Crippen LogP contribution is 2.25. The summed E-state index contributed by atoms with van der Waals surface area (Å²) in [5, 5.41) is 0. The fourth-order valence-corrected chi connectivity index (χ4v) is 2.13. The molecule has 0 saturated carbocycles. The van der Waals surface area contributed by atoms with Crippen molar-refractivity contribution in [3.8, 4) is 5.75 Å². The number of methoxy groups -OCH3 is 1. The van der Waals surface area contributed by atoms with Crippen molar-refractivity contribution < 1.29 is 4.74 Å². The van der Waals surface area contributed by atoms with Crippen LogP contribution in [0, 0.1) is 13.8 Å². The van der Waals surface area contributed by atoms with E-state index in [0.717, 1.165) is 11.4 Å². The van der Waals surface area contributed by atoms with Crippen LogP contribution in [0.1, 0.15) is 28.3 Å². The van der Waals surface area contributed by atoms with Crippen LogP contribution in [0.25, 0.3) is 0 Å². The molecule has 100 valence electrons. The summed E-state index contributed by atoms with van der Waals surface area (Å²) in [5.74, 6) is 0.893. The monoisotopic (exact) mass is 256 g/mol. The van der Waals surface area contributed by atoms with E-state index in [9.17, 15) is 0 Å². The number of aromatic nitrogens is 1. The van der Waals surface area contributed by atoms with Crippen LogP contribution in [0.15, 0.2) is 36.5 Å². The van der Waals surface area contributed by atoms with Gasteiger partial charge in [-0.1, -0.05) is 18.2 Å². The summed E-state index contributed by atoms with van der Waals surface area (Å²) in [7, 11) is 1.64. The topological polar surface area (TPSA) is 48.1 Å². The maximum Gasteiger partial charge on any atom is 0.137 e. The molecule has 1 atom stereocenters. The fourth-order valence-electron chi connectivity index (χ4n) is 2.13. The van der Waals surface area contributed by atoms with Gasteiger partial charge >= 0.3 is 0 Å². The Labute approximate surface area is 114 Å². The first-order chi connectivity index (χ1) is 9.15. The highest BCUT2D eigenvalue weighted by Gasteiger charge is 2.14. The maximum absolute atomic E-state index is 5.92. The predicted octanol–water partition coefficient (Wildman–Crippen LogP) is 2.80. The third-order valence-electron chi connectivity index (χ3n) is 3.52. The van der Waals surface area contributed by atoms with Crippen molar-refractivity contribution in [2.75, 3.05) is 13.7 Å². The Hall–Kier alpha value is -1.87. The molecular weight excluding hydrogens is 236 g/mol. The Bertz CT molecular complexity index is 549. The van der Waals surface area contributed by atoms with Crippen LogP contribution in [0.2, 0.25) is 0 Å². The summed E-state index contributed by atoms with van der Waals surface area (Å²) in [6.45, 7) is 4.78.